The Kier molecular flexibility index (Phi) is 3.54. The maximum Gasteiger partial charge on any atom is 0.495 e. The minimum atomic E-state index is -0.243. The van der Waals surface area contributed by atoms with Crippen molar-refractivity contribution in [1.29, 1.82) is 0 Å². The predicted octanol–water partition coefficient (Wildman–Crippen LogP) is 3.66. The van der Waals surface area contributed by atoms with Crippen LogP contribution in [0.25, 0.3) is 0 Å². The molecule has 0 aromatic rings. The quantitative estimate of drug-likeness (QED) is 0.509. The summed E-state index contributed by atoms with van der Waals surface area (Å²) in [6.45, 7) is 8.31. The Morgan fingerprint density at radius 1 is 1.00 bits per heavy atom. The third-order valence-electron chi connectivity index (χ3n) is 4.15. The summed E-state index contributed by atoms with van der Waals surface area (Å²) < 4.78 is 11.8. The lowest BCUT2D eigenvalue weighted by Gasteiger charge is -2.32. The second kappa shape index (κ2) is 4.64. The summed E-state index contributed by atoms with van der Waals surface area (Å²) in [6.07, 6.45) is 6.35. The van der Waals surface area contributed by atoms with E-state index in [4.69, 9.17) is 9.31 Å². The van der Waals surface area contributed by atoms with Crippen LogP contribution in [0.4, 0.5) is 0 Å². The van der Waals surface area contributed by atoms with Crippen molar-refractivity contribution >= 4 is 7.12 Å². The Balaban J connectivity index is 2.04. The van der Waals surface area contributed by atoms with Gasteiger partial charge in [0, 0.05) is 0 Å². The Morgan fingerprint density at radius 2 is 1.53 bits per heavy atom. The SMILES string of the molecule is CC1(C)OB(C=C=C2CCCCC2)OC1(C)C. The molecule has 1 saturated heterocycles. The summed E-state index contributed by atoms with van der Waals surface area (Å²) in [4.78, 5) is 0. The molecule has 2 rings (SSSR count). The van der Waals surface area contributed by atoms with E-state index in [1.165, 1.54) is 37.7 Å². The van der Waals surface area contributed by atoms with Gasteiger partial charge >= 0.3 is 7.12 Å². The van der Waals surface area contributed by atoms with E-state index in [-0.39, 0.29) is 18.3 Å². The summed E-state index contributed by atoms with van der Waals surface area (Å²) in [6, 6.07) is 0. The lowest BCUT2D eigenvalue weighted by Crippen LogP contribution is -2.41. The summed E-state index contributed by atoms with van der Waals surface area (Å²) in [5, 5.41) is 0. The van der Waals surface area contributed by atoms with E-state index in [1.807, 2.05) is 5.98 Å². The topological polar surface area (TPSA) is 18.5 Å². The van der Waals surface area contributed by atoms with E-state index in [2.05, 4.69) is 33.4 Å². The van der Waals surface area contributed by atoms with Gasteiger partial charge in [0.25, 0.3) is 0 Å². The highest BCUT2D eigenvalue weighted by atomic mass is 16.7. The second-order valence-corrected chi connectivity index (χ2v) is 6.10. The van der Waals surface area contributed by atoms with Crippen LogP contribution in [0.1, 0.15) is 59.8 Å². The Morgan fingerprint density at radius 3 is 2.06 bits per heavy atom. The van der Waals surface area contributed by atoms with Crippen molar-refractivity contribution in [1.82, 2.24) is 0 Å². The molecule has 1 heterocycles. The smallest absolute Gasteiger partial charge is 0.399 e. The van der Waals surface area contributed by atoms with Crippen LogP contribution < -0.4 is 0 Å². The molecule has 0 spiro atoms. The molecule has 1 saturated carbocycles. The highest BCUT2D eigenvalue weighted by Crippen LogP contribution is 2.36. The molecule has 0 aromatic carbocycles. The molecular formula is C14H23BO2. The van der Waals surface area contributed by atoms with Crippen LogP contribution in [0.2, 0.25) is 0 Å². The predicted molar refractivity (Wildman–Crippen MR) is 70.8 cm³/mol. The van der Waals surface area contributed by atoms with Gasteiger partial charge in [0.1, 0.15) is 0 Å². The average molecular weight is 234 g/mol. The fraction of sp³-hybridized carbons (Fsp3) is 0.786. The van der Waals surface area contributed by atoms with E-state index in [0.717, 1.165) is 0 Å². The number of hydrogen-bond acceptors (Lipinski definition) is 2. The molecule has 94 valence electrons. The molecule has 17 heavy (non-hydrogen) atoms. The van der Waals surface area contributed by atoms with Crippen LogP contribution in [0.15, 0.2) is 17.3 Å². The van der Waals surface area contributed by atoms with Gasteiger partial charge in [0.05, 0.1) is 11.2 Å². The highest BCUT2D eigenvalue weighted by molar-refractivity contribution is 6.51. The second-order valence-electron chi connectivity index (χ2n) is 6.10. The molecule has 2 fully saturated rings. The normalized spacial score (nSPS) is 26.8. The Bertz CT molecular complexity index is 327. The fourth-order valence-electron chi connectivity index (χ4n) is 2.27. The minimum Gasteiger partial charge on any atom is -0.399 e. The van der Waals surface area contributed by atoms with Gasteiger partial charge in [-0.25, -0.2) is 0 Å². The van der Waals surface area contributed by atoms with E-state index in [0.29, 0.717) is 0 Å². The summed E-state index contributed by atoms with van der Waals surface area (Å²) in [7, 11) is -0.241. The van der Waals surface area contributed by atoms with Crippen LogP contribution in [0, 0.1) is 0 Å². The zero-order chi connectivity index (χ0) is 12.5. The number of rotatable bonds is 1. The van der Waals surface area contributed by atoms with Crippen molar-refractivity contribution in [3.8, 4) is 0 Å². The molecule has 0 amide bonds. The van der Waals surface area contributed by atoms with Gasteiger partial charge in [-0.15, -0.1) is 5.73 Å². The molecular weight excluding hydrogens is 211 g/mol. The molecule has 1 aliphatic carbocycles. The highest BCUT2D eigenvalue weighted by Gasteiger charge is 2.50. The summed E-state index contributed by atoms with van der Waals surface area (Å²) >= 11 is 0. The average Bonchev–Trinajstić information content (AvgIpc) is 2.46. The monoisotopic (exact) mass is 234 g/mol. The van der Waals surface area contributed by atoms with Gasteiger partial charge in [-0.2, -0.15) is 0 Å². The Hall–Kier alpha value is -0.495. The first-order valence-corrected chi connectivity index (χ1v) is 6.71. The van der Waals surface area contributed by atoms with Crippen molar-refractivity contribution in [2.24, 2.45) is 0 Å². The minimum absolute atomic E-state index is 0.241. The molecule has 0 unspecified atom stereocenters. The molecule has 0 bridgehead atoms. The summed E-state index contributed by atoms with van der Waals surface area (Å²) in [5.41, 5.74) is 4.32. The number of allylic oxidation sites excluding steroid dienone is 1. The Labute approximate surface area is 105 Å². The third kappa shape index (κ3) is 2.85. The van der Waals surface area contributed by atoms with E-state index in [1.54, 1.807) is 0 Å². The van der Waals surface area contributed by atoms with Crippen molar-refractivity contribution in [2.75, 3.05) is 0 Å². The first-order chi connectivity index (χ1) is 7.91. The molecule has 0 atom stereocenters. The van der Waals surface area contributed by atoms with Gasteiger partial charge in [-0.3, -0.25) is 0 Å². The third-order valence-corrected chi connectivity index (χ3v) is 4.15. The lowest BCUT2D eigenvalue weighted by molar-refractivity contribution is 0.00578. The van der Waals surface area contributed by atoms with Gasteiger partial charge in [-0.05, 0) is 64.9 Å². The standard InChI is InChI=1S/C14H23BO2/c1-13(2)14(3,4)17-15(16-13)11-10-12-8-6-5-7-9-12/h11H,5-9H2,1-4H3. The van der Waals surface area contributed by atoms with Crippen molar-refractivity contribution in [2.45, 2.75) is 71.0 Å². The van der Waals surface area contributed by atoms with E-state index < -0.39 is 0 Å². The molecule has 3 heteroatoms. The van der Waals surface area contributed by atoms with Crippen molar-refractivity contribution in [3.63, 3.8) is 0 Å². The molecule has 0 aromatic heterocycles. The number of hydrogen-bond donors (Lipinski definition) is 0. The summed E-state index contributed by atoms with van der Waals surface area (Å²) in [5.74, 6) is 1.96. The maximum atomic E-state index is 5.90. The largest absolute Gasteiger partial charge is 0.495 e. The van der Waals surface area contributed by atoms with Gasteiger partial charge < -0.3 is 9.31 Å². The zero-order valence-corrected chi connectivity index (χ0v) is 11.5. The molecule has 2 aliphatic rings. The molecule has 2 nitrogen and oxygen atoms in total. The van der Waals surface area contributed by atoms with Gasteiger partial charge in [0.15, 0.2) is 0 Å². The van der Waals surface area contributed by atoms with Gasteiger partial charge in [-0.1, -0.05) is 6.42 Å². The first kappa shape index (κ1) is 12.9. The van der Waals surface area contributed by atoms with Crippen molar-refractivity contribution in [3.05, 3.63) is 17.3 Å². The van der Waals surface area contributed by atoms with Crippen LogP contribution >= 0.6 is 0 Å². The fourth-order valence-corrected chi connectivity index (χ4v) is 2.27. The van der Waals surface area contributed by atoms with Crippen LogP contribution in [-0.4, -0.2) is 18.3 Å². The van der Waals surface area contributed by atoms with E-state index in [9.17, 15) is 0 Å². The van der Waals surface area contributed by atoms with Crippen LogP contribution in [-0.2, 0) is 9.31 Å². The maximum absolute atomic E-state index is 5.90. The van der Waals surface area contributed by atoms with Crippen molar-refractivity contribution < 1.29 is 9.31 Å². The van der Waals surface area contributed by atoms with Crippen LogP contribution in [0.3, 0.4) is 0 Å². The lowest BCUT2D eigenvalue weighted by atomic mass is 9.88. The molecule has 0 radical (unpaired) electrons. The molecule has 1 aliphatic heterocycles. The van der Waals surface area contributed by atoms with Gasteiger partial charge in [0.2, 0.25) is 0 Å². The molecule has 0 N–H and O–H groups in total. The van der Waals surface area contributed by atoms with E-state index >= 15 is 0 Å². The first-order valence-electron chi connectivity index (χ1n) is 6.71. The van der Waals surface area contributed by atoms with Crippen LogP contribution in [0.5, 0.6) is 0 Å². The zero-order valence-electron chi connectivity index (χ0n) is 11.5.